The van der Waals surface area contributed by atoms with E-state index in [4.69, 9.17) is 16.6 Å². The largest absolute Gasteiger partial charge is 0.309 e. The summed E-state index contributed by atoms with van der Waals surface area (Å²) in [5, 5.41) is 2.56. The van der Waals surface area contributed by atoms with Gasteiger partial charge in [0.1, 0.15) is 9.98 Å². The molecule has 21 heavy (non-hydrogen) atoms. The van der Waals surface area contributed by atoms with Crippen molar-refractivity contribution in [2.75, 3.05) is 26.4 Å². The van der Waals surface area contributed by atoms with E-state index >= 15 is 0 Å². The predicted molar refractivity (Wildman–Crippen MR) is 92.9 cm³/mol. The predicted octanol–water partition coefficient (Wildman–Crippen LogP) is 4.12. The molecule has 0 radical (unpaired) electrons. The van der Waals surface area contributed by atoms with E-state index in [1.54, 1.807) is 11.8 Å². The lowest BCUT2D eigenvalue weighted by atomic mass is 9.89. The standard InChI is InChI=1S/C15H20ClN3S2/c1-9-4-5-10-11(8-9)21-14-12(10)13(16)17-15(18-14)20-7-6-19(2)3/h9H,4-8H2,1-3H3. The topological polar surface area (TPSA) is 29.0 Å². The second-order valence-corrected chi connectivity index (χ2v) is 8.48. The van der Waals surface area contributed by atoms with Gasteiger partial charge in [-0.25, -0.2) is 9.97 Å². The van der Waals surface area contributed by atoms with Gasteiger partial charge >= 0.3 is 0 Å². The van der Waals surface area contributed by atoms with Gasteiger partial charge in [-0.3, -0.25) is 0 Å². The molecule has 1 aliphatic carbocycles. The Labute approximate surface area is 139 Å². The third kappa shape index (κ3) is 3.36. The van der Waals surface area contributed by atoms with Crippen LogP contribution in [-0.2, 0) is 12.8 Å². The highest BCUT2D eigenvalue weighted by molar-refractivity contribution is 7.99. The summed E-state index contributed by atoms with van der Waals surface area (Å²) < 4.78 is 0. The highest BCUT2D eigenvalue weighted by Crippen LogP contribution is 2.40. The van der Waals surface area contributed by atoms with E-state index in [0.717, 1.165) is 46.4 Å². The van der Waals surface area contributed by atoms with Gasteiger partial charge in [0.2, 0.25) is 0 Å². The number of rotatable bonds is 4. The molecule has 2 aromatic heterocycles. The van der Waals surface area contributed by atoms with E-state index in [2.05, 4.69) is 30.9 Å². The fourth-order valence-corrected chi connectivity index (χ4v) is 5.44. The van der Waals surface area contributed by atoms with Gasteiger partial charge in [0.25, 0.3) is 0 Å². The quantitative estimate of drug-likeness (QED) is 0.475. The number of hydrogen-bond acceptors (Lipinski definition) is 5. The van der Waals surface area contributed by atoms with Crippen LogP contribution in [0.5, 0.6) is 0 Å². The number of nitrogens with zero attached hydrogens (tertiary/aromatic N) is 3. The zero-order valence-electron chi connectivity index (χ0n) is 12.6. The van der Waals surface area contributed by atoms with E-state index in [0.29, 0.717) is 5.15 Å². The molecule has 2 aromatic rings. The highest BCUT2D eigenvalue weighted by Gasteiger charge is 2.23. The van der Waals surface area contributed by atoms with E-state index in [1.807, 2.05) is 11.3 Å². The maximum atomic E-state index is 6.45. The molecule has 114 valence electrons. The van der Waals surface area contributed by atoms with Gasteiger partial charge in [0.15, 0.2) is 5.16 Å². The molecule has 0 fully saturated rings. The first-order chi connectivity index (χ1) is 10.0. The highest BCUT2D eigenvalue weighted by atomic mass is 35.5. The lowest BCUT2D eigenvalue weighted by Gasteiger charge is -2.17. The summed E-state index contributed by atoms with van der Waals surface area (Å²) in [5.74, 6) is 1.75. The van der Waals surface area contributed by atoms with Crippen molar-refractivity contribution in [3.05, 3.63) is 15.6 Å². The summed E-state index contributed by atoms with van der Waals surface area (Å²) >= 11 is 9.95. The number of thiophene rings is 1. The Kier molecular flexibility index (Phi) is 4.74. The SMILES string of the molecule is CC1CCc2c(sc3nc(SCCN(C)C)nc(Cl)c23)C1. The Morgan fingerprint density at radius 1 is 1.38 bits per heavy atom. The van der Waals surface area contributed by atoms with E-state index in [1.165, 1.54) is 16.9 Å². The van der Waals surface area contributed by atoms with Crippen molar-refractivity contribution < 1.29 is 0 Å². The fourth-order valence-electron chi connectivity index (χ4n) is 2.66. The summed E-state index contributed by atoms with van der Waals surface area (Å²) in [7, 11) is 4.15. The van der Waals surface area contributed by atoms with Crippen LogP contribution in [0.25, 0.3) is 10.2 Å². The molecule has 2 heterocycles. The number of fused-ring (bicyclic) bond motifs is 3. The minimum atomic E-state index is 0.638. The van der Waals surface area contributed by atoms with Gasteiger partial charge in [-0.15, -0.1) is 11.3 Å². The molecule has 3 rings (SSSR count). The van der Waals surface area contributed by atoms with Gasteiger partial charge in [0, 0.05) is 17.2 Å². The lowest BCUT2D eigenvalue weighted by molar-refractivity contribution is 0.437. The minimum absolute atomic E-state index is 0.638. The minimum Gasteiger partial charge on any atom is -0.309 e. The summed E-state index contributed by atoms with van der Waals surface area (Å²) in [5.41, 5.74) is 1.41. The molecule has 0 amide bonds. The average molecular weight is 342 g/mol. The Balaban J connectivity index is 1.90. The third-order valence-electron chi connectivity index (χ3n) is 3.86. The van der Waals surface area contributed by atoms with Crippen LogP contribution >= 0.6 is 34.7 Å². The molecule has 0 bridgehead atoms. The number of aryl methyl sites for hydroxylation is 1. The Bertz CT molecular complexity index is 654. The van der Waals surface area contributed by atoms with Crippen LogP contribution in [0.4, 0.5) is 0 Å². The van der Waals surface area contributed by atoms with Gasteiger partial charge in [-0.05, 0) is 44.8 Å². The molecule has 1 atom stereocenters. The van der Waals surface area contributed by atoms with Gasteiger partial charge < -0.3 is 4.90 Å². The Morgan fingerprint density at radius 2 is 2.19 bits per heavy atom. The molecule has 6 heteroatoms. The molecule has 0 saturated carbocycles. The Morgan fingerprint density at radius 3 is 2.95 bits per heavy atom. The summed E-state index contributed by atoms with van der Waals surface area (Å²) in [6.45, 7) is 3.34. The molecule has 1 aliphatic rings. The fraction of sp³-hybridized carbons (Fsp3) is 0.600. The first kappa shape index (κ1) is 15.5. The van der Waals surface area contributed by atoms with Gasteiger partial charge in [-0.2, -0.15) is 0 Å². The molecular formula is C15H20ClN3S2. The molecule has 0 saturated heterocycles. The average Bonchev–Trinajstić information content (AvgIpc) is 2.75. The molecule has 0 aliphatic heterocycles. The van der Waals surface area contributed by atoms with Crippen molar-refractivity contribution in [1.82, 2.24) is 14.9 Å². The molecular weight excluding hydrogens is 322 g/mol. The van der Waals surface area contributed by atoms with Crippen molar-refractivity contribution in [1.29, 1.82) is 0 Å². The van der Waals surface area contributed by atoms with Crippen molar-refractivity contribution in [3.63, 3.8) is 0 Å². The molecule has 3 nitrogen and oxygen atoms in total. The normalized spacial score (nSPS) is 18.4. The number of thioether (sulfide) groups is 1. The summed E-state index contributed by atoms with van der Waals surface area (Å²) in [6, 6.07) is 0. The first-order valence-electron chi connectivity index (χ1n) is 7.30. The Hall–Kier alpha value is -0.360. The van der Waals surface area contributed by atoms with E-state index in [9.17, 15) is 0 Å². The summed E-state index contributed by atoms with van der Waals surface area (Å²) in [6.07, 6.45) is 3.52. The van der Waals surface area contributed by atoms with Gasteiger partial charge in [0.05, 0.1) is 5.39 Å². The van der Waals surface area contributed by atoms with Crippen LogP contribution in [0.3, 0.4) is 0 Å². The number of halogens is 1. The molecule has 1 unspecified atom stereocenters. The zero-order chi connectivity index (χ0) is 15.0. The maximum Gasteiger partial charge on any atom is 0.190 e. The first-order valence-corrected chi connectivity index (χ1v) is 9.48. The van der Waals surface area contributed by atoms with E-state index in [-0.39, 0.29) is 0 Å². The van der Waals surface area contributed by atoms with Crippen LogP contribution in [-0.4, -0.2) is 41.3 Å². The second-order valence-electron chi connectivity index (χ2n) is 5.98. The molecule has 0 spiro atoms. The van der Waals surface area contributed by atoms with Crippen LogP contribution in [0, 0.1) is 5.92 Å². The molecule has 0 N–H and O–H groups in total. The smallest absolute Gasteiger partial charge is 0.190 e. The van der Waals surface area contributed by atoms with Crippen LogP contribution < -0.4 is 0 Å². The van der Waals surface area contributed by atoms with Crippen molar-refractivity contribution in [2.24, 2.45) is 5.92 Å². The van der Waals surface area contributed by atoms with Crippen molar-refractivity contribution in [3.8, 4) is 0 Å². The van der Waals surface area contributed by atoms with Gasteiger partial charge in [-0.1, -0.05) is 30.3 Å². The summed E-state index contributed by atoms with van der Waals surface area (Å²) in [4.78, 5) is 13.9. The zero-order valence-corrected chi connectivity index (χ0v) is 15.0. The van der Waals surface area contributed by atoms with E-state index < -0.39 is 0 Å². The van der Waals surface area contributed by atoms with Crippen molar-refractivity contribution >= 4 is 44.9 Å². The van der Waals surface area contributed by atoms with Crippen molar-refractivity contribution in [2.45, 2.75) is 31.3 Å². The maximum absolute atomic E-state index is 6.45. The van der Waals surface area contributed by atoms with Crippen LogP contribution in [0.2, 0.25) is 5.15 Å². The van der Waals surface area contributed by atoms with Crippen LogP contribution in [0.15, 0.2) is 5.16 Å². The monoisotopic (exact) mass is 341 g/mol. The number of aromatic nitrogens is 2. The lowest BCUT2D eigenvalue weighted by Crippen LogP contribution is -2.14. The second kappa shape index (κ2) is 6.41. The van der Waals surface area contributed by atoms with Crippen LogP contribution in [0.1, 0.15) is 23.8 Å². The third-order valence-corrected chi connectivity index (χ3v) is 6.11. The number of hydrogen-bond donors (Lipinski definition) is 0. The molecule has 0 aromatic carbocycles.